The Morgan fingerprint density at radius 2 is 2.30 bits per heavy atom. The van der Waals surface area contributed by atoms with E-state index in [-0.39, 0.29) is 0 Å². The molecule has 0 aliphatic carbocycles. The van der Waals surface area contributed by atoms with E-state index in [4.69, 9.17) is 18.0 Å². The summed E-state index contributed by atoms with van der Waals surface area (Å²) in [5.74, 6) is 0. The van der Waals surface area contributed by atoms with Crippen LogP contribution < -0.4 is 5.73 Å². The van der Waals surface area contributed by atoms with Gasteiger partial charge in [-0.3, -0.25) is 0 Å². The zero-order chi connectivity index (χ0) is 7.56. The second kappa shape index (κ2) is 3.25. The molecule has 1 heterocycles. The fourth-order valence-corrected chi connectivity index (χ4v) is 0.961. The zero-order valence-corrected chi connectivity index (χ0v) is 8.02. The lowest BCUT2D eigenvalue weighted by atomic mass is 10.3. The standard InChI is InChI=1S/C6H5IN2S/c7-5-2-1-4(3-9-5)6(8)10/h1-3H,(H2,8,10). The van der Waals surface area contributed by atoms with Gasteiger partial charge in [-0.15, -0.1) is 0 Å². The van der Waals surface area contributed by atoms with Gasteiger partial charge >= 0.3 is 0 Å². The Bertz CT molecular complexity index is 244. The molecular formula is C6H5IN2S. The summed E-state index contributed by atoms with van der Waals surface area (Å²) >= 11 is 6.87. The number of rotatable bonds is 1. The molecule has 0 unspecified atom stereocenters. The molecule has 0 bridgehead atoms. The predicted octanol–water partition coefficient (Wildman–Crippen LogP) is 1.32. The van der Waals surface area contributed by atoms with Crippen LogP contribution in [0.15, 0.2) is 18.3 Å². The molecular weight excluding hydrogens is 259 g/mol. The van der Waals surface area contributed by atoms with Crippen molar-refractivity contribution in [2.45, 2.75) is 0 Å². The van der Waals surface area contributed by atoms with Crippen LogP contribution in [0.3, 0.4) is 0 Å². The number of aromatic nitrogens is 1. The van der Waals surface area contributed by atoms with E-state index >= 15 is 0 Å². The summed E-state index contributed by atoms with van der Waals surface area (Å²) in [7, 11) is 0. The molecule has 0 fully saturated rings. The topological polar surface area (TPSA) is 38.9 Å². The summed E-state index contributed by atoms with van der Waals surface area (Å²) in [6.45, 7) is 0. The fraction of sp³-hybridized carbons (Fsp3) is 0. The van der Waals surface area contributed by atoms with Crippen LogP contribution in [0.4, 0.5) is 0 Å². The summed E-state index contributed by atoms with van der Waals surface area (Å²) in [5.41, 5.74) is 6.17. The Labute approximate surface area is 78.0 Å². The fourth-order valence-electron chi connectivity index (χ4n) is 0.522. The molecule has 0 atom stereocenters. The number of thiocarbonyl (C=S) groups is 1. The van der Waals surface area contributed by atoms with Crippen LogP contribution in [0, 0.1) is 3.70 Å². The van der Waals surface area contributed by atoms with Crippen molar-refractivity contribution in [2.24, 2.45) is 5.73 Å². The van der Waals surface area contributed by atoms with E-state index in [1.165, 1.54) is 0 Å². The summed E-state index contributed by atoms with van der Waals surface area (Å²) in [6.07, 6.45) is 1.67. The molecule has 2 N–H and O–H groups in total. The van der Waals surface area contributed by atoms with E-state index < -0.39 is 0 Å². The highest BCUT2D eigenvalue weighted by Gasteiger charge is 1.93. The van der Waals surface area contributed by atoms with Crippen molar-refractivity contribution in [3.8, 4) is 0 Å². The molecule has 4 heteroatoms. The van der Waals surface area contributed by atoms with Crippen LogP contribution >= 0.6 is 34.8 Å². The summed E-state index contributed by atoms with van der Waals surface area (Å²) in [5, 5.41) is 0. The second-order valence-corrected chi connectivity index (χ2v) is 3.28. The number of hydrogen-bond acceptors (Lipinski definition) is 2. The highest BCUT2D eigenvalue weighted by Crippen LogP contribution is 2.01. The minimum absolute atomic E-state index is 0.393. The van der Waals surface area contributed by atoms with E-state index in [2.05, 4.69) is 27.6 Å². The van der Waals surface area contributed by atoms with Gasteiger partial charge in [0.25, 0.3) is 0 Å². The van der Waals surface area contributed by atoms with Crippen LogP contribution in [-0.2, 0) is 0 Å². The lowest BCUT2D eigenvalue weighted by molar-refractivity contribution is 1.26. The molecule has 2 nitrogen and oxygen atoms in total. The van der Waals surface area contributed by atoms with Gasteiger partial charge < -0.3 is 5.73 Å². The molecule has 0 aliphatic rings. The largest absolute Gasteiger partial charge is 0.389 e. The molecule has 0 saturated heterocycles. The van der Waals surface area contributed by atoms with E-state index in [9.17, 15) is 0 Å². The normalized spacial score (nSPS) is 9.30. The van der Waals surface area contributed by atoms with Gasteiger partial charge in [-0.05, 0) is 34.7 Å². The van der Waals surface area contributed by atoms with Gasteiger partial charge in [0.1, 0.15) is 8.69 Å². The first-order valence-corrected chi connectivity index (χ1v) is 4.10. The van der Waals surface area contributed by atoms with Crippen molar-refractivity contribution in [1.29, 1.82) is 0 Å². The summed E-state index contributed by atoms with van der Waals surface area (Å²) in [4.78, 5) is 4.41. The van der Waals surface area contributed by atoms with E-state index in [0.717, 1.165) is 9.26 Å². The third-order valence-electron chi connectivity index (χ3n) is 1.01. The average Bonchev–Trinajstić information content (AvgIpc) is 1.88. The molecule has 1 rings (SSSR count). The van der Waals surface area contributed by atoms with Crippen LogP contribution in [-0.4, -0.2) is 9.97 Å². The molecule has 0 aromatic carbocycles. The summed E-state index contributed by atoms with van der Waals surface area (Å²) < 4.78 is 0.942. The van der Waals surface area contributed by atoms with E-state index in [0.29, 0.717) is 4.99 Å². The molecule has 0 aliphatic heterocycles. The first-order chi connectivity index (χ1) is 4.70. The third kappa shape index (κ3) is 1.88. The Hall–Kier alpha value is -0.230. The van der Waals surface area contributed by atoms with Gasteiger partial charge in [0, 0.05) is 11.8 Å². The Morgan fingerprint density at radius 1 is 1.60 bits per heavy atom. The predicted molar refractivity (Wildman–Crippen MR) is 52.8 cm³/mol. The van der Waals surface area contributed by atoms with Crippen molar-refractivity contribution in [1.82, 2.24) is 4.98 Å². The van der Waals surface area contributed by atoms with Crippen LogP contribution in [0.25, 0.3) is 0 Å². The number of nitrogens with zero attached hydrogens (tertiary/aromatic N) is 1. The van der Waals surface area contributed by atoms with Crippen molar-refractivity contribution in [3.05, 3.63) is 27.6 Å². The van der Waals surface area contributed by atoms with E-state index in [1.54, 1.807) is 6.20 Å². The molecule has 52 valence electrons. The Balaban J connectivity index is 3.00. The first-order valence-electron chi connectivity index (χ1n) is 2.61. The molecule has 0 spiro atoms. The van der Waals surface area contributed by atoms with E-state index in [1.807, 2.05) is 12.1 Å². The van der Waals surface area contributed by atoms with Gasteiger partial charge in [0.05, 0.1) is 0 Å². The van der Waals surface area contributed by atoms with Gasteiger partial charge in [-0.1, -0.05) is 12.2 Å². The van der Waals surface area contributed by atoms with Gasteiger partial charge in [-0.25, -0.2) is 4.98 Å². The van der Waals surface area contributed by atoms with Gasteiger partial charge in [0.15, 0.2) is 0 Å². The van der Waals surface area contributed by atoms with Crippen LogP contribution in [0.5, 0.6) is 0 Å². The smallest absolute Gasteiger partial charge is 0.105 e. The Morgan fingerprint density at radius 3 is 2.70 bits per heavy atom. The maximum absolute atomic E-state index is 5.35. The van der Waals surface area contributed by atoms with Crippen molar-refractivity contribution in [3.63, 3.8) is 0 Å². The highest BCUT2D eigenvalue weighted by molar-refractivity contribution is 14.1. The molecule has 0 saturated carbocycles. The average molecular weight is 264 g/mol. The first kappa shape index (κ1) is 7.87. The molecule has 1 aromatic rings. The zero-order valence-electron chi connectivity index (χ0n) is 5.04. The second-order valence-electron chi connectivity index (χ2n) is 1.73. The molecule has 0 radical (unpaired) electrons. The quantitative estimate of drug-likeness (QED) is 0.472. The van der Waals surface area contributed by atoms with Crippen molar-refractivity contribution < 1.29 is 0 Å². The van der Waals surface area contributed by atoms with Gasteiger partial charge in [0.2, 0.25) is 0 Å². The lowest BCUT2D eigenvalue weighted by Crippen LogP contribution is -2.09. The van der Waals surface area contributed by atoms with Crippen molar-refractivity contribution in [2.75, 3.05) is 0 Å². The minimum atomic E-state index is 0.393. The van der Waals surface area contributed by atoms with Crippen LogP contribution in [0.1, 0.15) is 5.56 Å². The number of pyridine rings is 1. The molecule has 1 aromatic heterocycles. The van der Waals surface area contributed by atoms with Crippen LogP contribution in [0.2, 0.25) is 0 Å². The number of halogens is 1. The maximum atomic E-state index is 5.35. The highest BCUT2D eigenvalue weighted by atomic mass is 127. The van der Waals surface area contributed by atoms with Gasteiger partial charge in [-0.2, -0.15) is 0 Å². The third-order valence-corrected chi connectivity index (χ3v) is 1.89. The number of hydrogen-bond donors (Lipinski definition) is 1. The Kier molecular flexibility index (Phi) is 2.56. The minimum Gasteiger partial charge on any atom is -0.389 e. The number of nitrogens with two attached hydrogens (primary N) is 1. The molecule has 10 heavy (non-hydrogen) atoms. The summed E-state index contributed by atoms with van der Waals surface area (Å²) in [6, 6.07) is 3.73. The lowest BCUT2D eigenvalue weighted by Gasteiger charge is -1.94. The maximum Gasteiger partial charge on any atom is 0.105 e. The monoisotopic (exact) mass is 264 g/mol. The van der Waals surface area contributed by atoms with Crippen molar-refractivity contribution >= 4 is 39.8 Å². The SMILES string of the molecule is NC(=S)c1ccc(I)nc1. The molecule has 0 amide bonds.